The van der Waals surface area contributed by atoms with Gasteiger partial charge in [-0.25, -0.2) is 8.42 Å². The van der Waals surface area contributed by atoms with Crippen LogP contribution < -0.4 is 10.0 Å². The Morgan fingerprint density at radius 1 is 0.826 bits per heavy atom. The molecule has 0 amide bonds. The lowest BCUT2D eigenvalue weighted by Gasteiger charge is -2.09. The van der Waals surface area contributed by atoms with Gasteiger partial charge in [0.15, 0.2) is 0 Å². The van der Waals surface area contributed by atoms with Gasteiger partial charge in [0.2, 0.25) is 0 Å². The number of furan rings is 1. The maximum absolute atomic E-state index is 12.2. The van der Waals surface area contributed by atoms with Gasteiger partial charge in [-0.2, -0.15) is 0 Å². The summed E-state index contributed by atoms with van der Waals surface area (Å²) in [6.45, 7) is 0.572. The van der Waals surface area contributed by atoms with Gasteiger partial charge in [-0.1, -0.05) is 18.2 Å². The summed E-state index contributed by atoms with van der Waals surface area (Å²) >= 11 is 0. The first kappa shape index (κ1) is 15.2. The summed E-state index contributed by atoms with van der Waals surface area (Å²) in [5, 5.41) is 3.20. The molecule has 23 heavy (non-hydrogen) atoms. The highest BCUT2D eigenvalue weighted by Crippen LogP contribution is 2.18. The molecule has 0 spiro atoms. The summed E-state index contributed by atoms with van der Waals surface area (Å²) in [5.74, 6) is 0.832. The van der Waals surface area contributed by atoms with Crippen molar-refractivity contribution in [1.29, 1.82) is 0 Å². The molecule has 0 aliphatic heterocycles. The predicted octanol–water partition coefficient (Wildman–Crippen LogP) is 3.69. The molecule has 0 fully saturated rings. The Balaban J connectivity index is 1.65. The smallest absolute Gasteiger partial charge is 0.261 e. The molecular weight excluding hydrogens is 312 g/mol. The molecule has 0 bridgehead atoms. The van der Waals surface area contributed by atoms with Crippen molar-refractivity contribution < 1.29 is 12.8 Å². The third kappa shape index (κ3) is 3.92. The monoisotopic (exact) mass is 328 g/mol. The van der Waals surface area contributed by atoms with Crippen molar-refractivity contribution in [2.24, 2.45) is 0 Å². The Labute approximate surface area is 135 Å². The van der Waals surface area contributed by atoms with Crippen molar-refractivity contribution in [2.45, 2.75) is 11.4 Å². The lowest BCUT2D eigenvalue weighted by Crippen LogP contribution is -2.12. The molecule has 0 saturated heterocycles. The second kappa shape index (κ2) is 6.58. The fourth-order valence-corrected chi connectivity index (χ4v) is 3.15. The molecule has 1 heterocycles. The topological polar surface area (TPSA) is 71.3 Å². The van der Waals surface area contributed by atoms with Gasteiger partial charge in [-0.05, 0) is 48.5 Å². The quantitative estimate of drug-likeness (QED) is 0.724. The number of sulfonamides is 1. The number of hydrogen-bond acceptors (Lipinski definition) is 4. The maximum atomic E-state index is 12.2. The van der Waals surface area contributed by atoms with E-state index in [0.717, 1.165) is 11.4 Å². The van der Waals surface area contributed by atoms with Crippen molar-refractivity contribution in [3.63, 3.8) is 0 Å². The number of nitrogens with one attached hydrogen (secondary N) is 2. The van der Waals surface area contributed by atoms with E-state index in [-0.39, 0.29) is 4.90 Å². The summed E-state index contributed by atoms with van der Waals surface area (Å²) in [6.07, 6.45) is 1.62. The molecule has 118 valence electrons. The summed E-state index contributed by atoms with van der Waals surface area (Å²) < 4.78 is 32.3. The number of hydrogen-bond donors (Lipinski definition) is 2. The van der Waals surface area contributed by atoms with Crippen molar-refractivity contribution in [3.8, 4) is 0 Å². The van der Waals surface area contributed by atoms with Crippen molar-refractivity contribution in [2.75, 3.05) is 10.0 Å². The summed E-state index contributed by atoms with van der Waals surface area (Å²) in [4.78, 5) is 0.236. The zero-order valence-corrected chi connectivity index (χ0v) is 13.1. The van der Waals surface area contributed by atoms with Crippen molar-refractivity contribution >= 4 is 21.4 Å². The second-order valence-corrected chi connectivity index (χ2v) is 6.61. The number of rotatable bonds is 6. The molecule has 2 N–H and O–H groups in total. The fourth-order valence-electron chi connectivity index (χ4n) is 2.07. The molecule has 0 aliphatic carbocycles. The standard InChI is InChI=1S/C17H16N2O3S/c20-23(21,17-6-2-1-3-7-17)19-15-10-8-14(9-11-15)18-13-16-5-4-12-22-16/h1-12,18-19H,13H2. The van der Waals surface area contributed by atoms with Gasteiger partial charge in [0, 0.05) is 11.4 Å². The molecule has 0 unspecified atom stereocenters. The van der Waals surface area contributed by atoms with Gasteiger partial charge in [0.25, 0.3) is 10.0 Å². The average molecular weight is 328 g/mol. The van der Waals surface area contributed by atoms with E-state index < -0.39 is 10.0 Å². The minimum Gasteiger partial charge on any atom is -0.467 e. The first-order chi connectivity index (χ1) is 11.1. The van der Waals surface area contributed by atoms with Gasteiger partial charge >= 0.3 is 0 Å². The van der Waals surface area contributed by atoms with Crippen LogP contribution in [0, 0.1) is 0 Å². The van der Waals surface area contributed by atoms with E-state index in [2.05, 4.69) is 10.0 Å². The molecule has 5 nitrogen and oxygen atoms in total. The van der Waals surface area contributed by atoms with Crippen LogP contribution in [0.2, 0.25) is 0 Å². The van der Waals surface area contributed by atoms with Gasteiger partial charge in [0.1, 0.15) is 5.76 Å². The highest BCUT2D eigenvalue weighted by molar-refractivity contribution is 7.92. The first-order valence-corrected chi connectivity index (χ1v) is 8.56. The molecule has 1 aromatic heterocycles. The van der Waals surface area contributed by atoms with E-state index in [1.54, 1.807) is 48.7 Å². The van der Waals surface area contributed by atoms with Crippen LogP contribution in [0.4, 0.5) is 11.4 Å². The van der Waals surface area contributed by atoms with E-state index in [0.29, 0.717) is 12.2 Å². The van der Waals surface area contributed by atoms with Crippen LogP contribution in [0.1, 0.15) is 5.76 Å². The van der Waals surface area contributed by atoms with Crippen molar-refractivity contribution in [1.82, 2.24) is 0 Å². The Morgan fingerprint density at radius 3 is 2.17 bits per heavy atom. The van der Waals surface area contributed by atoms with Crippen LogP contribution in [-0.2, 0) is 16.6 Å². The Morgan fingerprint density at radius 2 is 1.52 bits per heavy atom. The largest absolute Gasteiger partial charge is 0.467 e. The summed E-state index contributed by atoms with van der Waals surface area (Å²) in [6, 6.07) is 19.0. The average Bonchev–Trinajstić information content (AvgIpc) is 3.08. The minimum absolute atomic E-state index is 0.236. The Hall–Kier alpha value is -2.73. The van der Waals surface area contributed by atoms with E-state index in [1.807, 2.05) is 24.3 Å². The van der Waals surface area contributed by atoms with E-state index in [4.69, 9.17) is 4.42 Å². The molecule has 3 aromatic rings. The molecule has 0 atom stereocenters. The summed E-state index contributed by atoms with van der Waals surface area (Å²) in [5.41, 5.74) is 1.39. The van der Waals surface area contributed by atoms with Crippen LogP contribution >= 0.6 is 0 Å². The molecule has 2 aromatic carbocycles. The Kier molecular flexibility index (Phi) is 4.34. The molecular formula is C17H16N2O3S. The minimum atomic E-state index is -3.56. The molecule has 0 aliphatic rings. The predicted molar refractivity (Wildman–Crippen MR) is 89.7 cm³/mol. The van der Waals surface area contributed by atoms with Crippen LogP contribution in [-0.4, -0.2) is 8.42 Å². The normalized spacial score (nSPS) is 11.1. The number of benzene rings is 2. The van der Waals surface area contributed by atoms with Crippen LogP contribution in [0.15, 0.2) is 82.3 Å². The van der Waals surface area contributed by atoms with Gasteiger partial charge in [-0.3, -0.25) is 4.72 Å². The summed E-state index contributed by atoms with van der Waals surface area (Å²) in [7, 11) is -3.56. The molecule has 0 saturated carbocycles. The maximum Gasteiger partial charge on any atom is 0.261 e. The van der Waals surface area contributed by atoms with Gasteiger partial charge < -0.3 is 9.73 Å². The van der Waals surface area contributed by atoms with Crippen molar-refractivity contribution in [3.05, 3.63) is 78.8 Å². The zero-order chi connectivity index (χ0) is 16.1. The highest BCUT2D eigenvalue weighted by atomic mass is 32.2. The molecule has 0 radical (unpaired) electrons. The number of anilines is 2. The zero-order valence-electron chi connectivity index (χ0n) is 12.3. The first-order valence-electron chi connectivity index (χ1n) is 7.08. The molecule has 6 heteroatoms. The van der Waals surface area contributed by atoms with Crippen LogP contribution in [0.3, 0.4) is 0 Å². The van der Waals surface area contributed by atoms with Crippen LogP contribution in [0.5, 0.6) is 0 Å². The third-order valence-electron chi connectivity index (χ3n) is 3.24. The Bertz CT molecular complexity index is 843. The van der Waals surface area contributed by atoms with E-state index in [1.165, 1.54) is 0 Å². The van der Waals surface area contributed by atoms with Gasteiger partial charge in [-0.15, -0.1) is 0 Å². The lowest BCUT2D eigenvalue weighted by molar-refractivity contribution is 0.518. The molecule has 3 rings (SSSR count). The van der Waals surface area contributed by atoms with E-state index >= 15 is 0 Å². The SMILES string of the molecule is O=S(=O)(Nc1ccc(NCc2ccco2)cc1)c1ccccc1. The second-order valence-electron chi connectivity index (χ2n) is 4.93. The van der Waals surface area contributed by atoms with Crippen LogP contribution in [0.25, 0.3) is 0 Å². The van der Waals surface area contributed by atoms with Gasteiger partial charge in [0.05, 0.1) is 17.7 Å². The van der Waals surface area contributed by atoms with E-state index in [9.17, 15) is 8.42 Å². The third-order valence-corrected chi connectivity index (χ3v) is 4.63. The fraction of sp³-hybridized carbons (Fsp3) is 0.0588. The highest BCUT2D eigenvalue weighted by Gasteiger charge is 2.13. The lowest BCUT2D eigenvalue weighted by atomic mass is 10.3.